The summed E-state index contributed by atoms with van der Waals surface area (Å²) >= 11 is 0. The quantitative estimate of drug-likeness (QED) is 0.760. The van der Waals surface area contributed by atoms with Crippen molar-refractivity contribution in [3.63, 3.8) is 0 Å². The fourth-order valence-electron chi connectivity index (χ4n) is 1.79. The van der Waals surface area contributed by atoms with Gasteiger partial charge in [-0.2, -0.15) is 5.26 Å². The predicted octanol–water partition coefficient (Wildman–Crippen LogP) is 2.51. The van der Waals surface area contributed by atoms with E-state index in [1.807, 2.05) is 25.1 Å². The molecule has 0 aromatic carbocycles. The molecule has 1 unspecified atom stereocenters. The maximum atomic E-state index is 8.73. The normalized spacial score (nSPS) is 12.4. The van der Waals surface area contributed by atoms with Crippen LogP contribution < -0.4 is 0 Å². The van der Waals surface area contributed by atoms with Gasteiger partial charge in [-0.3, -0.25) is 9.88 Å². The van der Waals surface area contributed by atoms with E-state index in [9.17, 15) is 0 Å². The fraction of sp³-hybridized carbons (Fsp3) is 0.538. The highest BCUT2D eigenvalue weighted by Crippen LogP contribution is 2.10. The molecule has 0 spiro atoms. The van der Waals surface area contributed by atoms with Crippen LogP contribution >= 0.6 is 0 Å². The number of aromatic nitrogens is 1. The summed E-state index contributed by atoms with van der Waals surface area (Å²) in [6.07, 6.45) is 1.58. The molecule has 1 heterocycles. The zero-order chi connectivity index (χ0) is 12.0. The molecule has 0 aliphatic heterocycles. The molecule has 0 amide bonds. The van der Waals surface area contributed by atoms with E-state index in [0.717, 1.165) is 24.4 Å². The minimum absolute atomic E-state index is 0.326. The molecule has 0 aliphatic rings. The second-order valence-corrected chi connectivity index (χ2v) is 4.11. The molecule has 0 N–H and O–H groups in total. The summed E-state index contributed by atoms with van der Waals surface area (Å²) < 4.78 is 0. The van der Waals surface area contributed by atoms with Crippen LogP contribution in [0, 0.1) is 18.3 Å². The van der Waals surface area contributed by atoms with Crippen LogP contribution in [0.4, 0.5) is 0 Å². The van der Waals surface area contributed by atoms with Crippen molar-refractivity contribution >= 4 is 0 Å². The maximum Gasteiger partial charge on any atom is 0.0638 e. The van der Waals surface area contributed by atoms with Crippen LogP contribution in [0.3, 0.4) is 0 Å². The summed E-state index contributed by atoms with van der Waals surface area (Å²) in [4.78, 5) is 6.66. The summed E-state index contributed by atoms with van der Waals surface area (Å²) in [7, 11) is 2.05. The molecule has 0 saturated heterocycles. The Bertz CT molecular complexity index is 368. The van der Waals surface area contributed by atoms with Gasteiger partial charge in [0.25, 0.3) is 0 Å². The van der Waals surface area contributed by atoms with Crippen molar-refractivity contribution in [2.24, 2.45) is 0 Å². The molecule has 0 radical (unpaired) electrons. The second kappa shape index (κ2) is 6.24. The molecule has 1 aromatic heterocycles. The minimum atomic E-state index is 0.326. The SMILES string of the molecule is CCC(CC#N)N(C)Cc1cccc(C)n1. The Morgan fingerprint density at radius 3 is 2.81 bits per heavy atom. The van der Waals surface area contributed by atoms with E-state index in [2.05, 4.69) is 29.9 Å². The number of nitriles is 1. The monoisotopic (exact) mass is 217 g/mol. The average molecular weight is 217 g/mol. The zero-order valence-corrected chi connectivity index (χ0v) is 10.3. The third kappa shape index (κ3) is 3.63. The molecule has 0 aliphatic carbocycles. The first-order chi connectivity index (χ1) is 7.67. The van der Waals surface area contributed by atoms with Crippen LogP contribution in [0.15, 0.2) is 18.2 Å². The number of hydrogen-bond acceptors (Lipinski definition) is 3. The fourth-order valence-corrected chi connectivity index (χ4v) is 1.79. The van der Waals surface area contributed by atoms with Gasteiger partial charge in [-0.25, -0.2) is 0 Å². The number of nitrogens with zero attached hydrogens (tertiary/aromatic N) is 3. The molecule has 1 rings (SSSR count). The molecule has 1 atom stereocenters. The molecule has 0 saturated carbocycles. The summed E-state index contributed by atoms with van der Waals surface area (Å²) in [5.74, 6) is 0. The van der Waals surface area contributed by atoms with Crippen molar-refractivity contribution in [2.75, 3.05) is 7.05 Å². The number of hydrogen-bond donors (Lipinski definition) is 0. The Morgan fingerprint density at radius 1 is 1.50 bits per heavy atom. The Labute approximate surface area is 97.7 Å². The largest absolute Gasteiger partial charge is 0.297 e. The van der Waals surface area contributed by atoms with Gasteiger partial charge in [-0.05, 0) is 32.5 Å². The molecular formula is C13H19N3. The van der Waals surface area contributed by atoms with Crippen LogP contribution in [0.2, 0.25) is 0 Å². The molecular weight excluding hydrogens is 198 g/mol. The summed E-state index contributed by atoms with van der Waals surface area (Å²) in [5.41, 5.74) is 2.11. The molecule has 0 bridgehead atoms. The Hall–Kier alpha value is -1.40. The van der Waals surface area contributed by atoms with Gasteiger partial charge in [-0.15, -0.1) is 0 Å². The molecule has 0 fully saturated rings. The lowest BCUT2D eigenvalue weighted by atomic mass is 10.1. The zero-order valence-electron chi connectivity index (χ0n) is 10.3. The maximum absolute atomic E-state index is 8.73. The Balaban J connectivity index is 2.63. The van der Waals surface area contributed by atoms with E-state index >= 15 is 0 Å². The van der Waals surface area contributed by atoms with Crippen LogP contribution in [-0.2, 0) is 6.54 Å². The number of aryl methyl sites for hydroxylation is 1. The summed E-state index contributed by atoms with van der Waals surface area (Å²) in [6.45, 7) is 4.92. The standard InChI is InChI=1S/C13H19N3/c1-4-13(8-9-14)16(3)10-12-7-5-6-11(2)15-12/h5-7,13H,4,8,10H2,1-3H3. The van der Waals surface area contributed by atoms with E-state index in [4.69, 9.17) is 5.26 Å². The second-order valence-electron chi connectivity index (χ2n) is 4.11. The van der Waals surface area contributed by atoms with Gasteiger partial charge in [-0.1, -0.05) is 13.0 Å². The molecule has 1 aromatic rings. The lowest BCUT2D eigenvalue weighted by Gasteiger charge is -2.24. The van der Waals surface area contributed by atoms with E-state index in [1.54, 1.807) is 0 Å². The minimum Gasteiger partial charge on any atom is -0.297 e. The van der Waals surface area contributed by atoms with E-state index < -0.39 is 0 Å². The Morgan fingerprint density at radius 2 is 2.25 bits per heavy atom. The highest BCUT2D eigenvalue weighted by Gasteiger charge is 2.12. The highest BCUT2D eigenvalue weighted by atomic mass is 15.1. The summed E-state index contributed by atoms with van der Waals surface area (Å²) in [5, 5.41) is 8.73. The van der Waals surface area contributed by atoms with Gasteiger partial charge < -0.3 is 0 Å². The topological polar surface area (TPSA) is 39.9 Å². The first-order valence-corrected chi connectivity index (χ1v) is 5.67. The number of rotatable bonds is 5. The molecule has 86 valence electrons. The van der Waals surface area contributed by atoms with Crippen LogP contribution in [-0.4, -0.2) is 23.0 Å². The van der Waals surface area contributed by atoms with Crippen LogP contribution in [0.25, 0.3) is 0 Å². The van der Waals surface area contributed by atoms with Crippen LogP contribution in [0.5, 0.6) is 0 Å². The van der Waals surface area contributed by atoms with Gasteiger partial charge in [0, 0.05) is 18.3 Å². The van der Waals surface area contributed by atoms with Crippen molar-refractivity contribution in [2.45, 2.75) is 39.3 Å². The van der Waals surface area contributed by atoms with E-state index in [1.165, 1.54) is 0 Å². The Kier molecular flexibility index (Phi) is 4.94. The average Bonchev–Trinajstić information content (AvgIpc) is 2.25. The van der Waals surface area contributed by atoms with Crippen molar-refractivity contribution < 1.29 is 0 Å². The van der Waals surface area contributed by atoms with Crippen LogP contribution in [0.1, 0.15) is 31.2 Å². The van der Waals surface area contributed by atoms with Crippen molar-refractivity contribution in [3.8, 4) is 6.07 Å². The van der Waals surface area contributed by atoms with Gasteiger partial charge in [0.1, 0.15) is 0 Å². The van der Waals surface area contributed by atoms with Crippen molar-refractivity contribution in [3.05, 3.63) is 29.6 Å². The van der Waals surface area contributed by atoms with Gasteiger partial charge in [0.15, 0.2) is 0 Å². The van der Waals surface area contributed by atoms with Gasteiger partial charge in [0.2, 0.25) is 0 Å². The third-order valence-electron chi connectivity index (χ3n) is 2.78. The van der Waals surface area contributed by atoms with E-state index in [-0.39, 0.29) is 0 Å². The van der Waals surface area contributed by atoms with E-state index in [0.29, 0.717) is 12.5 Å². The predicted molar refractivity (Wildman–Crippen MR) is 64.8 cm³/mol. The molecule has 3 heteroatoms. The summed E-state index contributed by atoms with van der Waals surface area (Å²) in [6, 6.07) is 8.61. The first-order valence-electron chi connectivity index (χ1n) is 5.67. The number of pyridine rings is 1. The first kappa shape index (κ1) is 12.7. The van der Waals surface area contributed by atoms with Crippen molar-refractivity contribution in [1.29, 1.82) is 5.26 Å². The highest BCUT2D eigenvalue weighted by molar-refractivity contribution is 5.09. The van der Waals surface area contributed by atoms with Crippen molar-refractivity contribution in [1.82, 2.24) is 9.88 Å². The van der Waals surface area contributed by atoms with Gasteiger partial charge >= 0.3 is 0 Å². The smallest absolute Gasteiger partial charge is 0.0638 e. The lowest BCUT2D eigenvalue weighted by Crippen LogP contribution is -2.30. The molecule has 16 heavy (non-hydrogen) atoms. The lowest BCUT2D eigenvalue weighted by molar-refractivity contribution is 0.227. The molecule has 3 nitrogen and oxygen atoms in total. The van der Waals surface area contributed by atoms with Gasteiger partial charge in [0.05, 0.1) is 18.2 Å². The third-order valence-corrected chi connectivity index (χ3v) is 2.78.